The first-order valence-electron chi connectivity index (χ1n) is 6.20. The smallest absolute Gasteiger partial charge is 0.232 e. The van der Waals surface area contributed by atoms with Crippen LogP contribution in [0.1, 0.15) is 0 Å². The fraction of sp³-hybridized carbons (Fsp3) is 0.500. The van der Waals surface area contributed by atoms with Crippen molar-refractivity contribution in [1.82, 2.24) is 14.8 Å². The summed E-state index contributed by atoms with van der Waals surface area (Å²) in [6, 6.07) is 1.83. The molecule has 7 heteroatoms. The maximum Gasteiger partial charge on any atom is 0.232 e. The van der Waals surface area contributed by atoms with Crippen LogP contribution in [0.5, 0.6) is 0 Å². The third-order valence-electron chi connectivity index (χ3n) is 3.43. The standard InChI is InChI=1S/C12H15ClN4OS/c1-16-2-4-17(5-3-16)10-12(18)19-11-9(15-10)6-8(13)7-14-11/h6-7,10,15H,2-5H2,1H3. The molecular weight excluding hydrogens is 284 g/mol. The van der Waals surface area contributed by atoms with Crippen molar-refractivity contribution in [3.8, 4) is 0 Å². The van der Waals surface area contributed by atoms with E-state index in [4.69, 9.17) is 11.6 Å². The van der Waals surface area contributed by atoms with Crippen LogP contribution < -0.4 is 5.32 Å². The van der Waals surface area contributed by atoms with E-state index in [1.165, 1.54) is 11.8 Å². The number of fused-ring (bicyclic) bond motifs is 1. The Balaban J connectivity index is 1.79. The van der Waals surface area contributed by atoms with Gasteiger partial charge in [0, 0.05) is 32.4 Å². The van der Waals surface area contributed by atoms with Crippen molar-refractivity contribution in [1.29, 1.82) is 0 Å². The molecule has 102 valence electrons. The number of halogens is 1. The molecule has 1 unspecified atom stereocenters. The second-order valence-electron chi connectivity index (χ2n) is 4.81. The zero-order chi connectivity index (χ0) is 13.4. The monoisotopic (exact) mass is 298 g/mol. The van der Waals surface area contributed by atoms with Crippen LogP contribution >= 0.6 is 23.4 Å². The summed E-state index contributed by atoms with van der Waals surface area (Å²) in [4.78, 5) is 20.8. The Labute approximate surface area is 121 Å². The fourth-order valence-corrected chi connectivity index (χ4v) is 3.29. The van der Waals surface area contributed by atoms with Crippen molar-refractivity contribution < 1.29 is 4.79 Å². The molecule has 3 heterocycles. The van der Waals surface area contributed by atoms with Crippen LogP contribution in [0.4, 0.5) is 5.69 Å². The summed E-state index contributed by atoms with van der Waals surface area (Å²) in [5.41, 5.74) is 0.848. The quantitative estimate of drug-likeness (QED) is 0.845. The number of nitrogens with one attached hydrogen (secondary N) is 1. The number of rotatable bonds is 1. The molecule has 2 aliphatic rings. The van der Waals surface area contributed by atoms with Crippen LogP contribution in [0.3, 0.4) is 0 Å². The lowest BCUT2D eigenvalue weighted by atomic mass is 10.3. The second kappa shape index (κ2) is 5.28. The Kier molecular flexibility index (Phi) is 3.66. The van der Waals surface area contributed by atoms with Gasteiger partial charge in [-0.05, 0) is 24.9 Å². The number of nitrogens with zero attached hydrogens (tertiary/aromatic N) is 3. The molecule has 0 saturated carbocycles. The maximum atomic E-state index is 12.2. The highest BCUT2D eigenvalue weighted by Gasteiger charge is 2.33. The lowest BCUT2D eigenvalue weighted by Gasteiger charge is -2.39. The van der Waals surface area contributed by atoms with Gasteiger partial charge in [-0.25, -0.2) is 4.98 Å². The van der Waals surface area contributed by atoms with E-state index in [0.29, 0.717) is 10.0 Å². The average Bonchev–Trinajstić information content (AvgIpc) is 2.40. The van der Waals surface area contributed by atoms with E-state index in [9.17, 15) is 4.79 Å². The number of carbonyl (C=O) groups is 1. The normalized spacial score (nSPS) is 24.9. The zero-order valence-corrected chi connectivity index (χ0v) is 12.2. The molecule has 19 heavy (non-hydrogen) atoms. The molecule has 0 bridgehead atoms. The molecule has 2 aliphatic heterocycles. The third-order valence-corrected chi connectivity index (χ3v) is 4.58. The molecule has 0 aromatic carbocycles. The van der Waals surface area contributed by atoms with Crippen molar-refractivity contribution in [3.63, 3.8) is 0 Å². The number of likely N-dealkylation sites (N-methyl/N-ethyl adjacent to an activating group) is 1. The number of thioether (sulfide) groups is 1. The van der Waals surface area contributed by atoms with Gasteiger partial charge in [-0.2, -0.15) is 0 Å². The zero-order valence-electron chi connectivity index (χ0n) is 10.6. The van der Waals surface area contributed by atoms with E-state index in [0.717, 1.165) is 31.9 Å². The van der Waals surface area contributed by atoms with Crippen LogP contribution in [-0.2, 0) is 4.79 Å². The number of piperazine rings is 1. The number of carbonyl (C=O) groups excluding carboxylic acids is 1. The van der Waals surface area contributed by atoms with E-state index in [2.05, 4.69) is 27.1 Å². The minimum Gasteiger partial charge on any atom is -0.360 e. The van der Waals surface area contributed by atoms with Crippen molar-refractivity contribution in [3.05, 3.63) is 17.3 Å². The summed E-state index contributed by atoms with van der Waals surface area (Å²) >= 11 is 7.15. The van der Waals surface area contributed by atoms with Gasteiger partial charge in [0.15, 0.2) is 6.17 Å². The summed E-state index contributed by atoms with van der Waals surface area (Å²) in [6.45, 7) is 3.75. The Hall–Kier alpha value is -0.820. The maximum absolute atomic E-state index is 12.2. The molecule has 3 rings (SSSR count). The van der Waals surface area contributed by atoms with E-state index in [1.807, 2.05) is 6.07 Å². The van der Waals surface area contributed by atoms with Crippen molar-refractivity contribution in [2.45, 2.75) is 11.2 Å². The molecule has 1 aromatic heterocycles. The van der Waals surface area contributed by atoms with Gasteiger partial charge in [0.1, 0.15) is 5.03 Å². The van der Waals surface area contributed by atoms with Gasteiger partial charge < -0.3 is 10.2 Å². The SMILES string of the molecule is CN1CCN(C2Nc3cc(Cl)cnc3SC2=O)CC1. The highest BCUT2D eigenvalue weighted by atomic mass is 35.5. The number of aromatic nitrogens is 1. The lowest BCUT2D eigenvalue weighted by molar-refractivity contribution is -0.115. The topological polar surface area (TPSA) is 48.5 Å². The molecule has 1 fully saturated rings. The summed E-state index contributed by atoms with van der Waals surface area (Å²) in [6.07, 6.45) is 1.30. The molecule has 1 saturated heterocycles. The molecular formula is C12H15ClN4OS. The van der Waals surface area contributed by atoms with Gasteiger partial charge in [0.25, 0.3) is 0 Å². The first-order valence-corrected chi connectivity index (χ1v) is 7.39. The highest BCUT2D eigenvalue weighted by Crippen LogP contribution is 2.34. The van der Waals surface area contributed by atoms with Crippen LogP contribution in [0.15, 0.2) is 17.3 Å². The van der Waals surface area contributed by atoms with Crippen molar-refractivity contribution >= 4 is 34.2 Å². The van der Waals surface area contributed by atoms with E-state index in [-0.39, 0.29) is 11.3 Å². The fourth-order valence-electron chi connectivity index (χ4n) is 2.29. The number of anilines is 1. The number of hydrogen-bond donors (Lipinski definition) is 1. The van der Waals surface area contributed by atoms with Gasteiger partial charge >= 0.3 is 0 Å². The van der Waals surface area contributed by atoms with E-state index in [1.54, 1.807) is 6.20 Å². The van der Waals surface area contributed by atoms with Crippen molar-refractivity contribution in [2.24, 2.45) is 0 Å². The summed E-state index contributed by atoms with van der Waals surface area (Å²) in [7, 11) is 2.10. The third kappa shape index (κ3) is 2.72. The predicted molar refractivity (Wildman–Crippen MR) is 76.6 cm³/mol. The molecule has 5 nitrogen and oxygen atoms in total. The molecule has 1 N–H and O–H groups in total. The Morgan fingerprint density at radius 2 is 2.16 bits per heavy atom. The Morgan fingerprint density at radius 3 is 2.89 bits per heavy atom. The lowest BCUT2D eigenvalue weighted by Crippen LogP contribution is -2.54. The minimum atomic E-state index is -0.272. The van der Waals surface area contributed by atoms with Gasteiger partial charge in [-0.1, -0.05) is 11.6 Å². The molecule has 0 amide bonds. The number of hydrogen-bond acceptors (Lipinski definition) is 6. The van der Waals surface area contributed by atoms with Gasteiger partial charge in [0.2, 0.25) is 5.12 Å². The van der Waals surface area contributed by atoms with E-state index >= 15 is 0 Å². The van der Waals surface area contributed by atoms with E-state index < -0.39 is 0 Å². The van der Waals surface area contributed by atoms with Crippen LogP contribution in [0, 0.1) is 0 Å². The average molecular weight is 299 g/mol. The summed E-state index contributed by atoms with van der Waals surface area (Å²) < 4.78 is 0. The number of pyridine rings is 1. The minimum absolute atomic E-state index is 0.104. The van der Waals surface area contributed by atoms with Crippen LogP contribution in [0.2, 0.25) is 5.02 Å². The molecule has 0 spiro atoms. The van der Waals surface area contributed by atoms with Crippen LogP contribution in [0.25, 0.3) is 0 Å². The first-order chi connectivity index (χ1) is 9.13. The Bertz CT molecular complexity index is 505. The molecule has 1 aromatic rings. The summed E-state index contributed by atoms with van der Waals surface area (Å²) in [5.74, 6) is 0. The largest absolute Gasteiger partial charge is 0.360 e. The first kappa shape index (κ1) is 13.2. The molecule has 0 radical (unpaired) electrons. The molecule has 0 aliphatic carbocycles. The van der Waals surface area contributed by atoms with Crippen molar-refractivity contribution in [2.75, 3.05) is 38.5 Å². The highest BCUT2D eigenvalue weighted by molar-refractivity contribution is 8.14. The van der Waals surface area contributed by atoms with Crippen LogP contribution in [-0.4, -0.2) is 59.3 Å². The van der Waals surface area contributed by atoms with Gasteiger partial charge in [-0.3, -0.25) is 9.69 Å². The Morgan fingerprint density at radius 1 is 1.42 bits per heavy atom. The predicted octanol–water partition coefficient (Wildman–Crippen LogP) is 1.35. The summed E-state index contributed by atoms with van der Waals surface area (Å²) in [5, 5.41) is 4.66. The van der Waals surface area contributed by atoms with Gasteiger partial charge in [0.05, 0.1) is 10.7 Å². The molecule has 1 atom stereocenters. The second-order valence-corrected chi connectivity index (χ2v) is 6.24. The van der Waals surface area contributed by atoms with Gasteiger partial charge in [-0.15, -0.1) is 0 Å².